The molecular weight excluding hydrogens is 335 g/mol. The Hall–Kier alpha value is -2.60. The molecule has 1 aliphatic rings. The number of anilines is 1. The number of alkyl halides is 3. The van der Waals surface area contributed by atoms with Crippen molar-refractivity contribution >= 4 is 5.82 Å². The van der Waals surface area contributed by atoms with Crippen LogP contribution in [0.15, 0.2) is 18.3 Å². The van der Waals surface area contributed by atoms with E-state index in [1.807, 2.05) is 6.92 Å². The summed E-state index contributed by atoms with van der Waals surface area (Å²) in [5.41, 5.74) is -0.945. The highest BCUT2D eigenvalue weighted by atomic mass is 19.4. The molecule has 3 rings (SSSR count). The number of nitriles is 1. The lowest BCUT2D eigenvalue weighted by atomic mass is 10.0. The third-order valence-electron chi connectivity index (χ3n) is 4.24. The minimum absolute atomic E-state index is 0.00962. The standard InChI is InChI=1S/C16H16F3N5O/c1-10-2-5-23(10)15-12(9-20)13(16(17,18)19)8-14(21-15)24-6-3-11(22-24)4-7-25/h3,6,8,10,25H,2,4-5,7H2,1H3/t10-/m0/s1. The van der Waals surface area contributed by atoms with Gasteiger partial charge in [0.1, 0.15) is 17.5 Å². The molecule has 0 unspecified atom stereocenters. The summed E-state index contributed by atoms with van der Waals surface area (Å²) in [6, 6.07) is 4.13. The molecule has 0 spiro atoms. The molecular formula is C16H16F3N5O. The number of halogens is 3. The first-order chi connectivity index (χ1) is 11.8. The van der Waals surface area contributed by atoms with E-state index < -0.39 is 17.3 Å². The first-order valence-corrected chi connectivity index (χ1v) is 7.80. The van der Waals surface area contributed by atoms with Gasteiger partial charge in [0.2, 0.25) is 0 Å². The minimum Gasteiger partial charge on any atom is -0.396 e. The molecule has 0 amide bonds. The van der Waals surface area contributed by atoms with Gasteiger partial charge in [-0.25, -0.2) is 9.67 Å². The van der Waals surface area contributed by atoms with Gasteiger partial charge in [-0.15, -0.1) is 0 Å². The van der Waals surface area contributed by atoms with Gasteiger partial charge in [0.25, 0.3) is 0 Å². The largest absolute Gasteiger partial charge is 0.417 e. The van der Waals surface area contributed by atoms with Crippen LogP contribution in [0.2, 0.25) is 0 Å². The zero-order valence-electron chi connectivity index (χ0n) is 13.5. The molecule has 0 radical (unpaired) electrons. The zero-order chi connectivity index (χ0) is 18.2. The number of aliphatic hydroxyl groups is 1. The van der Waals surface area contributed by atoms with Crippen LogP contribution >= 0.6 is 0 Å². The van der Waals surface area contributed by atoms with Gasteiger partial charge < -0.3 is 10.0 Å². The van der Waals surface area contributed by atoms with E-state index in [1.165, 1.54) is 10.9 Å². The number of aromatic nitrogens is 3. The number of rotatable bonds is 4. The molecule has 1 N–H and O–H groups in total. The van der Waals surface area contributed by atoms with E-state index in [1.54, 1.807) is 17.0 Å². The number of hydrogen-bond donors (Lipinski definition) is 1. The van der Waals surface area contributed by atoms with Crippen molar-refractivity contribution in [1.29, 1.82) is 5.26 Å². The summed E-state index contributed by atoms with van der Waals surface area (Å²) in [5, 5.41) is 22.4. The second-order valence-electron chi connectivity index (χ2n) is 5.89. The van der Waals surface area contributed by atoms with E-state index >= 15 is 0 Å². The van der Waals surface area contributed by atoms with Gasteiger partial charge in [-0.1, -0.05) is 0 Å². The van der Waals surface area contributed by atoms with Gasteiger partial charge >= 0.3 is 6.18 Å². The molecule has 3 heterocycles. The predicted octanol–water partition coefficient (Wildman–Crippen LogP) is 2.29. The summed E-state index contributed by atoms with van der Waals surface area (Å²) in [4.78, 5) is 5.97. The van der Waals surface area contributed by atoms with Crippen molar-refractivity contribution in [3.63, 3.8) is 0 Å². The fourth-order valence-corrected chi connectivity index (χ4v) is 2.75. The SMILES string of the molecule is C[C@H]1CCN1c1nc(-n2ccc(CCO)n2)cc(C(F)(F)F)c1C#N. The fourth-order valence-electron chi connectivity index (χ4n) is 2.75. The third-order valence-corrected chi connectivity index (χ3v) is 4.24. The highest BCUT2D eigenvalue weighted by Gasteiger charge is 2.38. The Morgan fingerprint density at radius 3 is 2.72 bits per heavy atom. The molecule has 2 aromatic rings. The summed E-state index contributed by atoms with van der Waals surface area (Å²) in [6.45, 7) is 2.32. The van der Waals surface area contributed by atoms with Gasteiger partial charge in [-0.2, -0.15) is 23.5 Å². The average molecular weight is 351 g/mol. The highest BCUT2D eigenvalue weighted by molar-refractivity contribution is 5.62. The first kappa shape index (κ1) is 17.2. The van der Waals surface area contributed by atoms with Crippen molar-refractivity contribution in [2.75, 3.05) is 18.1 Å². The smallest absolute Gasteiger partial charge is 0.396 e. The highest BCUT2D eigenvalue weighted by Crippen LogP contribution is 2.38. The second kappa shape index (κ2) is 6.37. The summed E-state index contributed by atoms with van der Waals surface area (Å²) >= 11 is 0. The average Bonchev–Trinajstić information content (AvgIpc) is 3.01. The molecule has 2 aromatic heterocycles. The normalized spacial score (nSPS) is 17.3. The Bertz CT molecular complexity index is 824. The molecule has 9 heteroatoms. The molecule has 6 nitrogen and oxygen atoms in total. The summed E-state index contributed by atoms with van der Waals surface area (Å²) in [6.07, 6.45) is -2.05. The van der Waals surface area contributed by atoms with Gasteiger partial charge in [-0.05, 0) is 25.5 Å². The zero-order valence-corrected chi connectivity index (χ0v) is 13.5. The number of nitrogens with zero attached hydrogens (tertiary/aromatic N) is 5. The molecule has 132 valence electrons. The van der Waals surface area contributed by atoms with Crippen LogP contribution in [0.25, 0.3) is 5.82 Å². The Labute approximate surface area is 142 Å². The van der Waals surface area contributed by atoms with E-state index in [4.69, 9.17) is 5.11 Å². The van der Waals surface area contributed by atoms with Gasteiger partial charge in [0.05, 0.1) is 11.3 Å². The van der Waals surface area contributed by atoms with Crippen LogP contribution in [0.4, 0.5) is 19.0 Å². The lowest BCUT2D eigenvalue weighted by Crippen LogP contribution is -2.47. The topological polar surface area (TPSA) is 78.0 Å². The maximum absolute atomic E-state index is 13.5. The maximum Gasteiger partial charge on any atom is 0.417 e. The summed E-state index contributed by atoms with van der Waals surface area (Å²) < 4.78 is 41.6. The number of pyridine rings is 1. The predicted molar refractivity (Wildman–Crippen MR) is 83.3 cm³/mol. The quantitative estimate of drug-likeness (QED) is 0.914. The monoisotopic (exact) mass is 351 g/mol. The van der Waals surface area contributed by atoms with Crippen molar-refractivity contribution in [1.82, 2.24) is 14.8 Å². The van der Waals surface area contributed by atoms with Gasteiger partial charge in [-0.3, -0.25) is 0 Å². The number of hydrogen-bond acceptors (Lipinski definition) is 5. The van der Waals surface area contributed by atoms with Crippen LogP contribution < -0.4 is 4.90 Å². The van der Waals surface area contributed by atoms with Crippen molar-refractivity contribution < 1.29 is 18.3 Å². The van der Waals surface area contributed by atoms with Crippen molar-refractivity contribution in [3.05, 3.63) is 35.2 Å². The van der Waals surface area contributed by atoms with E-state index in [-0.39, 0.29) is 24.3 Å². The van der Waals surface area contributed by atoms with E-state index in [2.05, 4.69) is 10.1 Å². The van der Waals surface area contributed by atoms with Crippen LogP contribution in [0.5, 0.6) is 0 Å². The van der Waals surface area contributed by atoms with Crippen molar-refractivity contribution in [3.8, 4) is 11.9 Å². The lowest BCUT2D eigenvalue weighted by molar-refractivity contribution is -0.137. The molecule has 25 heavy (non-hydrogen) atoms. The first-order valence-electron chi connectivity index (χ1n) is 7.80. The van der Waals surface area contributed by atoms with Crippen LogP contribution in [0, 0.1) is 11.3 Å². The Morgan fingerprint density at radius 1 is 1.44 bits per heavy atom. The van der Waals surface area contributed by atoms with E-state index in [0.29, 0.717) is 18.7 Å². The minimum atomic E-state index is -4.67. The second-order valence-corrected chi connectivity index (χ2v) is 5.89. The molecule has 0 aromatic carbocycles. The fraction of sp³-hybridized carbons (Fsp3) is 0.438. The molecule has 0 bridgehead atoms. The van der Waals surface area contributed by atoms with Gasteiger partial charge in [0, 0.05) is 31.8 Å². The van der Waals surface area contributed by atoms with Crippen LogP contribution in [0.3, 0.4) is 0 Å². The van der Waals surface area contributed by atoms with Crippen molar-refractivity contribution in [2.24, 2.45) is 0 Å². The Kier molecular flexibility index (Phi) is 4.39. The van der Waals surface area contributed by atoms with Crippen molar-refractivity contribution in [2.45, 2.75) is 32.0 Å². The lowest BCUT2D eigenvalue weighted by Gasteiger charge is -2.40. The Balaban J connectivity index is 2.15. The van der Waals surface area contributed by atoms with E-state index in [0.717, 1.165) is 12.5 Å². The number of aliphatic hydroxyl groups excluding tert-OH is 1. The van der Waals surface area contributed by atoms with Crippen LogP contribution in [-0.2, 0) is 12.6 Å². The molecule has 1 saturated heterocycles. The molecule has 1 aliphatic heterocycles. The molecule has 0 saturated carbocycles. The summed E-state index contributed by atoms with van der Waals surface area (Å²) in [7, 11) is 0. The van der Waals surface area contributed by atoms with Crippen LogP contribution in [0.1, 0.15) is 30.2 Å². The van der Waals surface area contributed by atoms with Gasteiger partial charge in [0.15, 0.2) is 5.82 Å². The maximum atomic E-state index is 13.5. The van der Waals surface area contributed by atoms with E-state index in [9.17, 15) is 18.4 Å². The Morgan fingerprint density at radius 2 is 2.20 bits per heavy atom. The molecule has 1 atom stereocenters. The molecule has 0 aliphatic carbocycles. The van der Waals surface area contributed by atoms with Crippen LogP contribution in [-0.4, -0.2) is 39.1 Å². The summed E-state index contributed by atoms with van der Waals surface area (Å²) in [5.74, 6) is 0.0231. The molecule has 1 fully saturated rings. The third kappa shape index (κ3) is 3.17.